The Balaban J connectivity index is 2.15. The maximum atomic E-state index is 12.2. The Bertz CT molecular complexity index is 577. The van der Waals surface area contributed by atoms with Crippen molar-refractivity contribution in [3.63, 3.8) is 0 Å². The molecule has 1 aromatic heterocycles. The van der Waals surface area contributed by atoms with Crippen LogP contribution in [0.15, 0.2) is 35.7 Å². The zero-order valence-corrected chi connectivity index (χ0v) is 12.1. The topological polar surface area (TPSA) is 38.3 Å². The molecule has 0 saturated carbocycles. The van der Waals surface area contributed by atoms with Crippen LogP contribution >= 0.6 is 11.3 Å². The van der Waals surface area contributed by atoms with E-state index < -0.39 is 0 Å². The predicted octanol–water partition coefficient (Wildman–Crippen LogP) is 3.56. The lowest BCUT2D eigenvalue weighted by Gasteiger charge is -2.17. The second kappa shape index (κ2) is 5.89. The molecular weight excluding hydrogens is 258 g/mol. The lowest BCUT2D eigenvalue weighted by atomic mass is 10.1. The fraction of sp³-hybridized carbons (Fsp3) is 0.267. The van der Waals surface area contributed by atoms with Gasteiger partial charge in [-0.1, -0.05) is 18.2 Å². The number of aryl methyl sites for hydroxylation is 1. The van der Waals surface area contributed by atoms with Crippen LogP contribution in [0.4, 0.5) is 0 Å². The number of ether oxygens (including phenoxy) is 1. The molecule has 19 heavy (non-hydrogen) atoms. The van der Waals surface area contributed by atoms with Gasteiger partial charge in [-0.3, -0.25) is 4.79 Å². The number of amides is 1. The van der Waals surface area contributed by atoms with Gasteiger partial charge in [-0.15, -0.1) is 11.3 Å². The molecule has 0 aliphatic carbocycles. The Hall–Kier alpha value is -1.81. The van der Waals surface area contributed by atoms with Gasteiger partial charge >= 0.3 is 0 Å². The van der Waals surface area contributed by atoms with E-state index in [0.29, 0.717) is 0 Å². The molecule has 1 heterocycles. The fourth-order valence-corrected chi connectivity index (χ4v) is 2.80. The summed E-state index contributed by atoms with van der Waals surface area (Å²) in [5, 5.41) is 4.93. The number of carbonyl (C=O) groups excluding carboxylic acids is 1. The third-order valence-electron chi connectivity index (χ3n) is 3.02. The molecule has 2 rings (SSSR count). The fourth-order valence-electron chi connectivity index (χ4n) is 1.97. The summed E-state index contributed by atoms with van der Waals surface area (Å²) in [6, 6.07) is 9.58. The molecule has 1 aromatic carbocycles. The van der Waals surface area contributed by atoms with E-state index in [-0.39, 0.29) is 11.9 Å². The molecule has 2 aromatic rings. The molecule has 3 nitrogen and oxygen atoms in total. The van der Waals surface area contributed by atoms with Crippen molar-refractivity contribution in [2.75, 3.05) is 7.11 Å². The van der Waals surface area contributed by atoms with Gasteiger partial charge in [0.05, 0.1) is 18.0 Å². The number of hydrogen-bond donors (Lipinski definition) is 1. The van der Waals surface area contributed by atoms with Gasteiger partial charge in [0.15, 0.2) is 0 Å². The Morgan fingerprint density at radius 2 is 2.05 bits per heavy atom. The largest absolute Gasteiger partial charge is 0.496 e. The highest BCUT2D eigenvalue weighted by Crippen LogP contribution is 2.25. The van der Waals surface area contributed by atoms with E-state index >= 15 is 0 Å². The van der Waals surface area contributed by atoms with Crippen molar-refractivity contribution < 1.29 is 9.53 Å². The van der Waals surface area contributed by atoms with Crippen LogP contribution in [0.25, 0.3) is 0 Å². The Kier molecular flexibility index (Phi) is 4.22. The Morgan fingerprint density at radius 1 is 1.32 bits per heavy atom. The van der Waals surface area contributed by atoms with Crippen molar-refractivity contribution in [2.45, 2.75) is 19.9 Å². The van der Waals surface area contributed by atoms with Gasteiger partial charge in [0.1, 0.15) is 5.75 Å². The smallest absolute Gasteiger partial charge is 0.262 e. The second-order valence-corrected chi connectivity index (χ2v) is 5.29. The van der Waals surface area contributed by atoms with Gasteiger partial charge in [-0.05, 0) is 36.9 Å². The van der Waals surface area contributed by atoms with Crippen LogP contribution in [0.1, 0.15) is 33.8 Å². The molecule has 0 aliphatic heterocycles. The molecule has 0 aliphatic rings. The summed E-state index contributed by atoms with van der Waals surface area (Å²) in [7, 11) is 1.64. The summed E-state index contributed by atoms with van der Waals surface area (Å²) in [5.74, 6) is 0.754. The van der Waals surface area contributed by atoms with Crippen molar-refractivity contribution in [2.24, 2.45) is 0 Å². The third kappa shape index (κ3) is 2.96. The number of nitrogens with one attached hydrogen (secondary N) is 1. The van der Waals surface area contributed by atoms with E-state index in [0.717, 1.165) is 21.8 Å². The summed E-state index contributed by atoms with van der Waals surface area (Å²) in [6.45, 7) is 3.90. The number of methoxy groups -OCH3 is 1. The van der Waals surface area contributed by atoms with Crippen molar-refractivity contribution in [1.82, 2.24) is 5.32 Å². The first-order chi connectivity index (χ1) is 9.13. The molecular formula is C15H17NO2S. The molecule has 0 spiro atoms. The standard InChI is InChI=1S/C15H17NO2S/c1-10-8-9-19-14(10)15(17)16-11(2)12-6-4-5-7-13(12)18-3/h4-9,11H,1-3H3,(H,16,17)/t11-/m0/s1. The third-order valence-corrected chi connectivity index (χ3v) is 4.04. The monoisotopic (exact) mass is 275 g/mol. The number of para-hydroxylation sites is 1. The molecule has 0 saturated heterocycles. The van der Waals surface area contributed by atoms with Crippen LogP contribution in [0.2, 0.25) is 0 Å². The summed E-state index contributed by atoms with van der Waals surface area (Å²) < 4.78 is 5.31. The number of benzene rings is 1. The number of carbonyl (C=O) groups is 1. The molecule has 0 fully saturated rings. The molecule has 0 radical (unpaired) electrons. The summed E-state index contributed by atoms with van der Waals surface area (Å²) in [6.07, 6.45) is 0. The minimum atomic E-state index is -0.0925. The van der Waals surface area contributed by atoms with Crippen LogP contribution in [0, 0.1) is 6.92 Å². The van der Waals surface area contributed by atoms with Crippen LogP contribution in [0.3, 0.4) is 0 Å². The lowest BCUT2D eigenvalue weighted by molar-refractivity contribution is 0.0943. The quantitative estimate of drug-likeness (QED) is 0.926. The van der Waals surface area contributed by atoms with Gasteiger partial charge in [-0.25, -0.2) is 0 Å². The minimum Gasteiger partial charge on any atom is -0.496 e. The molecule has 0 bridgehead atoms. The first kappa shape index (κ1) is 13.6. The van der Waals surface area contributed by atoms with E-state index in [2.05, 4.69) is 5.32 Å². The molecule has 0 unspecified atom stereocenters. The van der Waals surface area contributed by atoms with Crippen molar-refractivity contribution in [3.8, 4) is 5.75 Å². The van der Waals surface area contributed by atoms with E-state index in [1.807, 2.05) is 49.6 Å². The maximum Gasteiger partial charge on any atom is 0.262 e. The Labute approximate surface area is 117 Å². The van der Waals surface area contributed by atoms with Gasteiger partial charge < -0.3 is 10.1 Å². The lowest BCUT2D eigenvalue weighted by Crippen LogP contribution is -2.26. The number of hydrogen-bond acceptors (Lipinski definition) is 3. The summed E-state index contributed by atoms with van der Waals surface area (Å²) >= 11 is 1.46. The van der Waals surface area contributed by atoms with E-state index in [4.69, 9.17) is 4.74 Å². The average molecular weight is 275 g/mol. The first-order valence-corrected chi connectivity index (χ1v) is 6.99. The van der Waals surface area contributed by atoms with Gasteiger partial charge in [-0.2, -0.15) is 0 Å². The SMILES string of the molecule is COc1ccccc1[C@H](C)NC(=O)c1sccc1C. The molecule has 4 heteroatoms. The minimum absolute atomic E-state index is 0.0362. The zero-order chi connectivity index (χ0) is 13.8. The molecule has 1 amide bonds. The number of rotatable bonds is 4. The average Bonchev–Trinajstić information content (AvgIpc) is 2.85. The van der Waals surface area contributed by atoms with E-state index in [1.165, 1.54) is 11.3 Å². The van der Waals surface area contributed by atoms with Crippen LogP contribution in [0.5, 0.6) is 5.75 Å². The van der Waals surface area contributed by atoms with E-state index in [1.54, 1.807) is 7.11 Å². The van der Waals surface area contributed by atoms with Crippen LogP contribution in [-0.2, 0) is 0 Å². The highest BCUT2D eigenvalue weighted by molar-refractivity contribution is 7.12. The molecule has 1 N–H and O–H groups in total. The van der Waals surface area contributed by atoms with Crippen molar-refractivity contribution >= 4 is 17.2 Å². The van der Waals surface area contributed by atoms with Gasteiger partial charge in [0.2, 0.25) is 0 Å². The second-order valence-electron chi connectivity index (χ2n) is 4.37. The molecule has 100 valence electrons. The van der Waals surface area contributed by atoms with Gasteiger partial charge in [0.25, 0.3) is 5.91 Å². The zero-order valence-electron chi connectivity index (χ0n) is 11.3. The number of thiophene rings is 1. The summed E-state index contributed by atoms with van der Waals surface area (Å²) in [5.41, 5.74) is 1.99. The normalized spacial score (nSPS) is 11.9. The van der Waals surface area contributed by atoms with Gasteiger partial charge in [0, 0.05) is 5.56 Å². The Morgan fingerprint density at radius 3 is 2.68 bits per heavy atom. The highest BCUT2D eigenvalue weighted by Gasteiger charge is 2.16. The van der Waals surface area contributed by atoms with Crippen LogP contribution in [-0.4, -0.2) is 13.0 Å². The predicted molar refractivity (Wildman–Crippen MR) is 77.9 cm³/mol. The summed E-state index contributed by atoms with van der Waals surface area (Å²) in [4.78, 5) is 12.9. The first-order valence-electron chi connectivity index (χ1n) is 6.11. The van der Waals surface area contributed by atoms with Crippen molar-refractivity contribution in [3.05, 3.63) is 51.7 Å². The highest BCUT2D eigenvalue weighted by atomic mass is 32.1. The van der Waals surface area contributed by atoms with Crippen LogP contribution < -0.4 is 10.1 Å². The molecule has 1 atom stereocenters. The van der Waals surface area contributed by atoms with E-state index in [9.17, 15) is 4.79 Å². The maximum absolute atomic E-state index is 12.2. The van der Waals surface area contributed by atoms with Crippen molar-refractivity contribution in [1.29, 1.82) is 0 Å².